The van der Waals surface area contributed by atoms with Crippen molar-refractivity contribution in [2.45, 2.75) is 52.4 Å². The van der Waals surface area contributed by atoms with E-state index >= 15 is 0 Å². The summed E-state index contributed by atoms with van der Waals surface area (Å²) in [6, 6.07) is 45.2. The van der Waals surface area contributed by atoms with Gasteiger partial charge < -0.3 is 0 Å². The molecule has 0 amide bonds. The molecule has 5 aromatic carbocycles. The van der Waals surface area contributed by atoms with Gasteiger partial charge in [0.2, 0.25) is 0 Å². The Balaban J connectivity index is 1.43. The van der Waals surface area contributed by atoms with E-state index in [1.54, 1.807) is 6.33 Å². The van der Waals surface area contributed by atoms with Crippen LogP contribution in [0.5, 0.6) is 0 Å². The van der Waals surface area contributed by atoms with Crippen molar-refractivity contribution < 1.29 is 0 Å². The standard InChI is InChI=1S/C46H42N4/c1-45(2,3)40-24-37(25-41(26-40)46(4,5)6)35-21-36(39-28-47-30-48-29-39)23-38(22-35)44-49-42(33-15-11-8-12-16-33)27-43(50-44)34-19-17-32(18-20-34)31-13-9-7-10-14-31/h7-30H,1-6H3. The molecule has 0 aliphatic rings. The van der Waals surface area contributed by atoms with Crippen molar-refractivity contribution in [3.8, 4) is 67.3 Å². The summed E-state index contributed by atoms with van der Waals surface area (Å²) in [6.07, 6.45) is 5.30. The summed E-state index contributed by atoms with van der Waals surface area (Å²) in [5, 5.41) is 0. The van der Waals surface area contributed by atoms with Crippen molar-refractivity contribution in [3.63, 3.8) is 0 Å². The van der Waals surface area contributed by atoms with Crippen LogP contribution in [-0.2, 0) is 10.8 Å². The van der Waals surface area contributed by atoms with Crippen LogP contribution in [0.2, 0.25) is 0 Å². The number of hydrogen-bond donors (Lipinski definition) is 0. The molecule has 7 aromatic rings. The molecule has 7 rings (SSSR count). The van der Waals surface area contributed by atoms with Gasteiger partial charge in [-0.1, -0.05) is 145 Å². The highest BCUT2D eigenvalue weighted by molar-refractivity contribution is 5.81. The Kier molecular flexibility index (Phi) is 8.71. The minimum atomic E-state index is -0.0121. The number of benzene rings is 5. The molecule has 246 valence electrons. The molecule has 2 heterocycles. The molecule has 0 unspecified atom stereocenters. The molecule has 0 aliphatic heterocycles. The highest BCUT2D eigenvalue weighted by Crippen LogP contribution is 2.38. The lowest BCUT2D eigenvalue weighted by molar-refractivity contribution is 0.569. The van der Waals surface area contributed by atoms with Gasteiger partial charge in [0, 0.05) is 34.6 Å². The molecule has 0 N–H and O–H groups in total. The minimum absolute atomic E-state index is 0.0121. The van der Waals surface area contributed by atoms with Crippen molar-refractivity contribution >= 4 is 0 Å². The van der Waals surface area contributed by atoms with Gasteiger partial charge in [0.25, 0.3) is 0 Å². The first-order valence-corrected chi connectivity index (χ1v) is 17.2. The summed E-state index contributed by atoms with van der Waals surface area (Å²) < 4.78 is 0. The third kappa shape index (κ3) is 7.16. The number of nitrogens with zero attached hydrogens (tertiary/aromatic N) is 4. The van der Waals surface area contributed by atoms with Crippen LogP contribution in [0, 0.1) is 0 Å². The largest absolute Gasteiger partial charge is 0.244 e. The SMILES string of the molecule is CC(C)(C)c1cc(-c2cc(-c3cncnc3)cc(-c3nc(-c4ccccc4)cc(-c4ccc(-c5ccccc5)cc4)n3)c2)cc(C(C)(C)C)c1. The summed E-state index contributed by atoms with van der Waals surface area (Å²) >= 11 is 0. The van der Waals surface area contributed by atoms with Crippen LogP contribution < -0.4 is 0 Å². The molecule has 4 heteroatoms. The van der Waals surface area contributed by atoms with E-state index in [-0.39, 0.29) is 10.8 Å². The van der Waals surface area contributed by atoms with Gasteiger partial charge >= 0.3 is 0 Å². The van der Waals surface area contributed by atoms with E-state index in [4.69, 9.17) is 9.97 Å². The van der Waals surface area contributed by atoms with Crippen LogP contribution in [0.1, 0.15) is 52.7 Å². The first-order valence-electron chi connectivity index (χ1n) is 17.2. The van der Waals surface area contributed by atoms with Gasteiger partial charge in [0.05, 0.1) is 11.4 Å². The van der Waals surface area contributed by atoms with Crippen molar-refractivity contribution in [3.05, 3.63) is 157 Å². The maximum Gasteiger partial charge on any atom is 0.160 e. The molecule has 0 aliphatic carbocycles. The Labute approximate surface area is 296 Å². The van der Waals surface area contributed by atoms with Crippen molar-refractivity contribution in [2.75, 3.05) is 0 Å². The second-order valence-electron chi connectivity index (χ2n) is 15.0. The van der Waals surface area contributed by atoms with Gasteiger partial charge in [0.15, 0.2) is 5.82 Å². The van der Waals surface area contributed by atoms with Crippen LogP contribution in [0.3, 0.4) is 0 Å². The van der Waals surface area contributed by atoms with Crippen molar-refractivity contribution in [1.82, 2.24) is 19.9 Å². The summed E-state index contributed by atoms with van der Waals surface area (Å²) in [5.74, 6) is 0.663. The average Bonchev–Trinajstić information content (AvgIpc) is 3.15. The molecule has 0 saturated carbocycles. The normalized spacial score (nSPS) is 11.8. The molecular formula is C46H42N4. The fourth-order valence-corrected chi connectivity index (χ4v) is 6.14. The Hall–Kier alpha value is -5.74. The fourth-order valence-electron chi connectivity index (χ4n) is 6.14. The van der Waals surface area contributed by atoms with Gasteiger partial charge in [-0.2, -0.15) is 0 Å². The lowest BCUT2D eigenvalue weighted by atomic mass is 9.78. The highest BCUT2D eigenvalue weighted by Gasteiger charge is 2.22. The van der Waals surface area contributed by atoms with Crippen molar-refractivity contribution in [1.29, 1.82) is 0 Å². The number of aromatic nitrogens is 4. The topological polar surface area (TPSA) is 51.6 Å². The Morgan fingerprint density at radius 1 is 0.360 bits per heavy atom. The maximum absolute atomic E-state index is 5.24. The zero-order valence-electron chi connectivity index (χ0n) is 29.6. The third-order valence-corrected chi connectivity index (χ3v) is 9.17. The van der Waals surface area contributed by atoms with Gasteiger partial charge in [0.1, 0.15) is 6.33 Å². The van der Waals surface area contributed by atoms with E-state index in [0.717, 1.165) is 44.8 Å². The molecule has 0 saturated heterocycles. The number of rotatable bonds is 6. The third-order valence-electron chi connectivity index (χ3n) is 9.17. The van der Waals surface area contributed by atoms with Crippen LogP contribution in [-0.4, -0.2) is 19.9 Å². The molecule has 2 aromatic heterocycles. The lowest BCUT2D eigenvalue weighted by Crippen LogP contribution is -2.16. The lowest BCUT2D eigenvalue weighted by Gasteiger charge is -2.26. The van der Waals surface area contributed by atoms with Gasteiger partial charge in [-0.25, -0.2) is 19.9 Å². The van der Waals surface area contributed by atoms with Crippen LogP contribution in [0.15, 0.2) is 146 Å². The Morgan fingerprint density at radius 2 is 0.780 bits per heavy atom. The number of hydrogen-bond acceptors (Lipinski definition) is 4. The van der Waals surface area contributed by atoms with E-state index in [0.29, 0.717) is 5.82 Å². The molecule has 0 radical (unpaired) electrons. The Morgan fingerprint density at radius 3 is 1.32 bits per heavy atom. The zero-order chi connectivity index (χ0) is 34.9. The summed E-state index contributed by atoms with van der Waals surface area (Å²) in [5.41, 5.74) is 13.9. The first kappa shape index (κ1) is 32.8. The molecule has 0 fully saturated rings. The molecule has 0 atom stereocenters. The van der Waals surface area contributed by atoms with E-state index in [1.165, 1.54) is 27.8 Å². The van der Waals surface area contributed by atoms with Gasteiger partial charge in [-0.05, 0) is 74.0 Å². The summed E-state index contributed by atoms with van der Waals surface area (Å²) in [7, 11) is 0. The maximum atomic E-state index is 5.24. The summed E-state index contributed by atoms with van der Waals surface area (Å²) in [4.78, 5) is 19.2. The summed E-state index contributed by atoms with van der Waals surface area (Å²) in [6.45, 7) is 13.7. The Bertz CT molecular complexity index is 2210. The predicted octanol–water partition coefficient (Wildman–Crippen LogP) is 11.9. The van der Waals surface area contributed by atoms with Crippen LogP contribution in [0.4, 0.5) is 0 Å². The molecule has 50 heavy (non-hydrogen) atoms. The fraction of sp³-hybridized carbons (Fsp3) is 0.174. The van der Waals surface area contributed by atoms with Crippen LogP contribution >= 0.6 is 0 Å². The second-order valence-corrected chi connectivity index (χ2v) is 15.0. The molecule has 0 bridgehead atoms. The van der Waals surface area contributed by atoms with Gasteiger partial charge in [-0.15, -0.1) is 0 Å². The van der Waals surface area contributed by atoms with Crippen molar-refractivity contribution in [2.24, 2.45) is 0 Å². The van der Waals surface area contributed by atoms with Crippen LogP contribution in [0.25, 0.3) is 67.3 Å². The first-order chi connectivity index (χ1) is 24.0. The van der Waals surface area contributed by atoms with E-state index in [2.05, 4.69) is 167 Å². The monoisotopic (exact) mass is 650 g/mol. The van der Waals surface area contributed by atoms with E-state index < -0.39 is 0 Å². The van der Waals surface area contributed by atoms with E-state index in [9.17, 15) is 0 Å². The van der Waals surface area contributed by atoms with Gasteiger partial charge in [-0.3, -0.25) is 0 Å². The zero-order valence-corrected chi connectivity index (χ0v) is 29.6. The highest BCUT2D eigenvalue weighted by atomic mass is 14.9. The smallest absolute Gasteiger partial charge is 0.160 e. The predicted molar refractivity (Wildman–Crippen MR) is 208 cm³/mol. The minimum Gasteiger partial charge on any atom is -0.244 e. The molecule has 0 spiro atoms. The molecule has 4 nitrogen and oxygen atoms in total. The quantitative estimate of drug-likeness (QED) is 0.180. The molecular weight excluding hydrogens is 609 g/mol. The van der Waals surface area contributed by atoms with E-state index in [1.807, 2.05) is 24.5 Å². The average molecular weight is 651 g/mol. The second kappa shape index (κ2) is 13.3.